The molecule has 0 bridgehead atoms. The fourth-order valence-corrected chi connectivity index (χ4v) is 5.70. The normalized spacial score (nSPS) is 12.0. The number of rotatable bonds is 8. The zero-order valence-electron chi connectivity index (χ0n) is 22.6. The molecule has 3 N–H and O–H groups in total. The third kappa shape index (κ3) is 5.22. The van der Waals surface area contributed by atoms with Gasteiger partial charge in [-0.3, -0.25) is 14.2 Å². The summed E-state index contributed by atoms with van der Waals surface area (Å²) in [5.74, 6) is 0.343. The number of H-pyrrole nitrogens is 1. The molecular formula is C32H26Cl2N6O2. The van der Waals surface area contributed by atoms with E-state index in [0.717, 1.165) is 12.0 Å². The lowest BCUT2D eigenvalue weighted by Gasteiger charge is -2.24. The van der Waals surface area contributed by atoms with Gasteiger partial charge in [0.1, 0.15) is 23.2 Å². The van der Waals surface area contributed by atoms with Crippen LogP contribution in [0.2, 0.25) is 10.0 Å². The lowest BCUT2D eigenvalue weighted by Crippen LogP contribution is -2.27. The summed E-state index contributed by atoms with van der Waals surface area (Å²) in [7, 11) is 0. The Labute approximate surface area is 251 Å². The smallest absolute Gasteiger partial charge is 0.265 e. The van der Waals surface area contributed by atoms with Crippen LogP contribution < -0.4 is 21.6 Å². The Balaban J connectivity index is 1.46. The van der Waals surface area contributed by atoms with Gasteiger partial charge in [-0.05, 0) is 49.2 Å². The highest BCUT2D eigenvalue weighted by Crippen LogP contribution is 2.35. The number of fused-ring (bicyclic) bond motifs is 2. The van der Waals surface area contributed by atoms with E-state index >= 15 is 0 Å². The van der Waals surface area contributed by atoms with Gasteiger partial charge in [-0.1, -0.05) is 65.7 Å². The molecule has 3 heterocycles. The number of nitrogens with one attached hydrogen (secondary N) is 3. The van der Waals surface area contributed by atoms with E-state index in [2.05, 4.69) is 25.6 Å². The van der Waals surface area contributed by atoms with Gasteiger partial charge in [-0.15, -0.1) is 0 Å². The summed E-state index contributed by atoms with van der Waals surface area (Å²) < 4.78 is 1.63. The molecule has 6 rings (SSSR count). The van der Waals surface area contributed by atoms with E-state index < -0.39 is 6.04 Å². The molecule has 3 aromatic heterocycles. The molecule has 6 aromatic rings. The van der Waals surface area contributed by atoms with Gasteiger partial charge in [-0.2, -0.15) is 0 Å². The second kappa shape index (κ2) is 11.7. The molecule has 3 aromatic carbocycles. The molecule has 1 atom stereocenters. The van der Waals surface area contributed by atoms with Crippen molar-refractivity contribution >= 4 is 56.5 Å². The number of para-hydroxylation sites is 1. The summed E-state index contributed by atoms with van der Waals surface area (Å²) in [6.45, 7) is 2.49. The first-order valence-corrected chi connectivity index (χ1v) is 14.2. The lowest BCUT2D eigenvalue weighted by molar-refractivity contribution is 0.774. The second-order valence-electron chi connectivity index (χ2n) is 9.86. The molecule has 0 saturated heterocycles. The van der Waals surface area contributed by atoms with Gasteiger partial charge in [0, 0.05) is 40.6 Å². The minimum atomic E-state index is -0.519. The van der Waals surface area contributed by atoms with E-state index in [1.54, 1.807) is 10.8 Å². The van der Waals surface area contributed by atoms with Crippen LogP contribution in [0.1, 0.15) is 24.2 Å². The fourth-order valence-electron chi connectivity index (χ4n) is 5.17. The Bertz CT molecular complexity index is 2020. The standard InChI is InChI=1S/C32H26Cl2N6O2/c1-19(39-31-27-25(41)15-17-36-30(27)37-18-38-31)29-28(34)23-8-5-9-24(35-16-14-20-10-12-21(33)13-11-20)26(23)32(42)40(29)22-6-3-2-4-7-22/h2-13,15,17-19,35H,14,16H2,1H3,(H2,36,37,38,39,41)/t19-/m0/s1. The molecule has 0 aliphatic carbocycles. The molecule has 0 spiro atoms. The number of hydrogen-bond acceptors (Lipinski definition) is 6. The Morgan fingerprint density at radius 3 is 2.48 bits per heavy atom. The maximum atomic E-state index is 14.4. The molecule has 0 fully saturated rings. The van der Waals surface area contributed by atoms with Crippen LogP contribution in [0.3, 0.4) is 0 Å². The number of aromatic nitrogens is 4. The quantitative estimate of drug-likeness (QED) is 0.179. The van der Waals surface area contributed by atoms with Crippen molar-refractivity contribution in [1.82, 2.24) is 19.5 Å². The summed E-state index contributed by atoms with van der Waals surface area (Å²) in [5, 5.41) is 9.30. The van der Waals surface area contributed by atoms with Crippen LogP contribution in [0.15, 0.2) is 101 Å². The Morgan fingerprint density at radius 2 is 1.69 bits per heavy atom. The Morgan fingerprint density at radius 1 is 0.905 bits per heavy atom. The van der Waals surface area contributed by atoms with Crippen LogP contribution in [-0.2, 0) is 6.42 Å². The molecule has 10 heteroatoms. The zero-order chi connectivity index (χ0) is 29.2. The highest BCUT2D eigenvalue weighted by atomic mass is 35.5. The predicted molar refractivity (Wildman–Crippen MR) is 170 cm³/mol. The highest BCUT2D eigenvalue weighted by molar-refractivity contribution is 6.36. The van der Waals surface area contributed by atoms with Gasteiger partial charge in [0.15, 0.2) is 5.43 Å². The molecule has 42 heavy (non-hydrogen) atoms. The second-order valence-corrected chi connectivity index (χ2v) is 10.7. The van der Waals surface area contributed by atoms with Gasteiger partial charge in [0.05, 0.1) is 22.1 Å². The van der Waals surface area contributed by atoms with Crippen molar-refractivity contribution in [2.45, 2.75) is 19.4 Å². The van der Waals surface area contributed by atoms with Crippen LogP contribution >= 0.6 is 23.2 Å². The summed E-state index contributed by atoms with van der Waals surface area (Å²) in [4.78, 5) is 38.5. The van der Waals surface area contributed by atoms with Crippen molar-refractivity contribution in [3.8, 4) is 5.69 Å². The van der Waals surface area contributed by atoms with Crippen molar-refractivity contribution in [3.05, 3.63) is 133 Å². The maximum Gasteiger partial charge on any atom is 0.265 e. The summed E-state index contributed by atoms with van der Waals surface area (Å²) in [5.41, 5.74) is 2.99. The first-order valence-electron chi connectivity index (χ1n) is 13.4. The average molecular weight is 598 g/mol. The average Bonchev–Trinajstić information content (AvgIpc) is 3.00. The van der Waals surface area contributed by atoms with Gasteiger partial charge < -0.3 is 15.6 Å². The van der Waals surface area contributed by atoms with Crippen molar-refractivity contribution < 1.29 is 0 Å². The van der Waals surface area contributed by atoms with Crippen molar-refractivity contribution in [1.29, 1.82) is 0 Å². The predicted octanol–water partition coefficient (Wildman–Crippen LogP) is 6.76. The van der Waals surface area contributed by atoms with Crippen LogP contribution in [0.4, 0.5) is 11.5 Å². The minimum Gasteiger partial charge on any atom is -0.384 e. The van der Waals surface area contributed by atoms with Crippen LogP contribution in [0, 0.1) is 0 Å². The molecular weight excluding hydrogens is 571 g/mol. The number of hydrogen-bond donors (Lipinski definition) is 3. The lowest BCUT2D eigenvalue weighted by atomic mass is 10.0. The van der Waals surface area contributed by atoms with Gasteiger partial charge >= 0.3 is 0 Å². The molecule has 0 saturated carbocycles. The van der Waals surface area contributed by atoms with Gasteiger partial charge in [-0.25, -0.2) is 9.97 Å². The molecule has 0 aliphatic heterocycles. The third-order valence-corrected chi connectivity index (χ3v) is 7.80. The molecule has 0 amide bonds. The van der Waals surface area contributed by atoms with E-state index in [-0.39, 0.29) is 11.0 Å². The number of nitrogens with zero attached hydrogens (tertiary/aromatic N) is 3. The van der Waals surface area contributed by atoms with Crippen molar-refractivity contribution in [3.63, 3.8) is 0 Å². The van der Waals surface area contributed by atoms with Gasteiger partial charge in [0.25, 0.3) is 5.56 Å². The molecule has 0 unspecified atom stereocenters. The minimum absolute atomic E-state index is 0.218. The van der Waals surface area contributed by atoms with Crippen LogP contribution in [-0.4, -0.2) is 26.1 Å². The van der Waals surface area contributed by atoms with E-state index in [4.69, 9.17) is 23.2 Å². The third-order valence-electron chi connectivity index (χ3n) is 7.15. The maximum absolute atomic E-state index is 14.4. The van der Waals surface area contributed by atoms with E-state index in [1.165, 1.54) is 12.4 Å². The van der Waals surface area contributed by atoms with Gasteiger partial charge in [0.2, 0.25) is 0 Å². The molecule has 0 aliphatic rings. The fraction of sp³-hybridized carbons (Fsp3) is 0.125. The van der Waals surface area contributed by atoms with Crippen LogP contribution in [0.5, 0.6) is 0 Å². The summed E-state index contributed by atoms with van der Waals surface area (Å²) in [6.07, 6.45) is 3.67. The van der Waals surface area contributed by atoms with Crippen LogP contribution in [0.25, 0.3) is 27.5 Å². The SMILES string of the molecule is C[C@H](Nc1ncnc2[nH]ccc(=O)c12)c1c(Cl)c2cccc(NCCc3ccc(Cl)cc3)c2c(=O)n1-c1ccccc1. The monoisotopic (exact) mass is 596 g/mol. The largest absolute Gasteiger partial charge is 0.384 e. The number of halogens is 2. The summed E-state index contributed by atoms with van der Waals surface area (Å²) >= 11 is 13.2. The Hall–Kier alpha value is -4.66. The van der Waals surface area contributed by atoms with E-state index in [9.17, 15) is 9.59 Å². The van der Waals surface area contributed by atoms with Crippen molar-refractivity contribution in [2.24, 2.45) is 0 Å². The topological polar surface area (TPSA) is 105 Å². The number of benzene rings is 3. The molecule has 8 nitrogen and oxygen atoms in total. The number of anilines is 2. The first-order chi connectivity index (χ1) is 20.4. The number of pyridine rings is 2. The Kier molecular flexibility index (Phi) is 7.65. The molecule has 0 radical (unpaired) electrons. The highest BCUT2D eigenvalue weighted by Gasteiger charge is 2.24. The van der Waals surface area contributed by atoms with E-state index in [0.29, 0.717) is 61.3 Å². The number of aromatic amines is 1. The van der Waals surface area contributed by atoms with Crippen molar-refractivity contribution in [2.75, 3.05) is 17.2 Å². The molecule has 210 valence electrons. The summed E-state index contributed by atoms with van der Waals surface area (Å²) in [6, 6.07) is 23.6. The first kappa shape index (κ1) is 27.5. The van der Waals surface area contributed by atoms with E-state index in [1.807, 2.05) is 79.7 Å². The zero-order valence-corrected chi connectivity index (χ0v) is 24.1.